The number of esters is 3. The zero-order valence-electron chi connectivity index (χ0n) is 29.5. The molecule has 7 aromatic rings. The highest BCUT2D eigenvalue weighted by Gasteiger charge is 2.52. The first-order valence-electron chi connectivity index (χ1n) is 17.3. The first-order chi connectivity index (χ1) is 26.2. The Morgan fingerprint density at radius 2 is 1.22 bits per heavy atom. The fraction of sp³-hybridized carbons (Fsp3) is 0.195. The van der Waals surface area contributed by atoms with Crippen molar-refractivity contribution in [3.05, 3.63) is 149 Å². The van der Waals surface area contributed by atoms with Gasteiger partial charge in [0.15, 0.2) is 35.4 Å². The summed E-state index contributed by atoms with van der Waals surface area (Å²) >= 11 is 0. The normalized spacial score (nSPS) is 18.1. The molecule has 1 saturated heterocycles. The van der Waals surface area contributed by atoms with E-state index in [0.717, 1.165) is 27.7 Å². The highest BCUT2D eigenvalue weighted by atomic mass is 16.7. The third kappa shape index (κ3) is 6.68. The number of fused-ring (bicyclic) bond motifs is 2. The molecule has 0 aliphatic carbocycles. The average molecular weight is 723 g/mol. The summed E-state index contributed by atoms with van der Waals surface area (Å²) < 4.78 is 28.0. The summed E-state index contributed by atoms with van der Waals surface area (Å²) in [7, 11) is 0. The van der Waals surface area contributed by atoms with Crippen LogP contribution in [0.5, 0.6) is 0 Å². The smallest absolute Gasteiger partial charge is 0.338 e. The third-order valence-corrected chi connectivity index (χ3v) is 9.31. The Bertz CT molecular complexity index is 2490. The number of carbonyl (C=O) groups excluding carboxylic acids is 3. The highest BCUT2D eigenvalue weighted by Crippen LogP contribution is 2.37. The minimum absolute atomic E-state index is 0.279. The zero-order valence-corrected chi connectivity index (χ0v) is 29.5. The van der Waals surface area contributed by atoms with E-state index < -0.39 is 42.4 Å². The molecule has 1 aliphatic rings. The van der Waals surface area contributed by atoms with E-state index in [9.17, 15) is 14.4 Å². The van der Waals surface area contributed by atoms with E-state index in [1.54, 1.807) is 88.3 Å². The zero-order chi connectivity index (χ0) is 37.3. The number of rotatable bonds is 9. The van der Waals surface area contributed by atoms with Crippen molar-refractivity contribution in [2.75, 3.05) is 6.61 Å². The van der Waals surface area contributed by atoms with Crippen LogP contribution in [0.3, 0.4) is 0 Å². The number of aryl methyl sites for hydroxylation is 3. The minimum atomic E-state index is -1.25. The maximum Gasteiger partial charge on any atom is 0.338 e. The highest BCUT2D eigenvalue weighted by molar-refractivity contribution is 5.91. The largest absolute Gasteiger partial charge is 0.459 e. The quantitative estimate of drug-likeness (QED) is 0.122. The molecule has 0 radical (unpaired) electrons. The first-order valence-corrected chi connectivity index (χ1v) is 17.3. The summed E-state index contributed by atoms with van der Waals surface area (Å²) in [5, 5.41) is 0. The van der Waals surface area contributed by atoms with Crippen molar-refractivity contribution in [3.8, 4) is 5.82 Å². The number of hydrogen-bond donors (Lipinski definition) is 0. The molecule has 1 fully saturated rings. The lowest BCUT2D eigenvalue weighted by Gasteiger charge is -2.25. The molecule has 0 bridgehead atoms. The molecule has 4 aromatic carbocycles. The predicted octanol–water partition coefficient (Wildman–Crippen LogP) is 6.30. The van der Waals surface area contributed by atoms with Gasteiger partial charge in [0, 0.05) is 0 Å². The molecular weight excluding hydrogens is 688 g/mol. The Hall–Kier alpha value is -6.73. The van der Waals surface area contributed by atoms with Crippen LogP contribution in [0.25, 0.3) is 28.0 Å². The van der Waals surface area contributed by atoms with Crippen molar-refractivity contribution in [1.82, 2.24) is 29.1 Å². The maximum absolute atomic E-state index is 13.8. The van der Waals surface area contributed by atoms with Crippen LogP contribution in [-0.2, 0) is 18.9 Å². The second-order valence-electron chi connectivity index (χ2n) is 13.1. The van der Waals surface area contributed by atoms with Crippen LogP contribution in [0.1, 0.15) is 54.0 Å². The summed E-state index contributed by atoms with van der Waals surface area (Å²) in [6, 6.07) is 28.3. The molecular formula is C41H34N6O7. The SMILES string of the molecule is Cc1ccc(C(=O)OC[C@H]2O[C@@H](n3cnc4c(-n5cnc6ccccc65)ncnc43)C(OC(=O)c3ccc(C)cc3)C2OC(=O)c2ccc(C)cc2)cc1. The number of carbonyl (C=O) groups is 3. The number of aromatic nitrogens is 6. The lowest BCUT2D eigenvalue weighted by atomic mass is 10.1. The van der Waals surface area contributed by atoms with Gasteiger partial charge in [-0.3, -0.25) is 9.13 Å². The number of para-hydroxylation sites is 2. The van der Waals surface area contributed by atoms with Crippen molar-refractivity contribution in [2.24, 2.45) is 0 Å². The topological polar surface area (TPSA) is 150 Å². The second-order valence-corrected chi connectivity index (χ2v) is 13.1. The van der Waals surface area contributed by atoms with Gasteiger partial charge in [-0.2, -0.15) is 0 Å². The molecule has 270 valence electrons. The van der Waals surface area contributed by atoms with Gasteiger partial charge >= 0.3 is 17.9 Å². The van der Waals surface area contributed by atoms with Gasteiger partial charge in [0.2, 0.25) is 0 Å². The molecule has 8 rings (SSSR count). The average Bonchev–Trinajstić information content (AvgIpc) is 3.90. The van der Waals surface area contributed by atoms with Crippen LogP contribution in [0.2, 0.25) is 0 Å². The Labute approximate surface area is 309 Å². The van der Waals surface area contributed by atoms with Crippen molar-refractivity contribution in [1.29, 1.82) is 0 Å². The van der Waals surface area contributed by atoms with Gasteiger partial charge < -0.3 is 18.9 Å². The molecule has 0 saturated carbocycles. The standard InChI is InChI=1S/C41H34N6O7/c1-24-8-14-27(15-9-24)39(48)51-20-32-34(53-40(49)28-16-10-25(2)11-17-28)35(54-41(50)29-18-12-26(3)13-19-29)38(52-32)47-23-45-33-36(42-21-43-37(33)47)46-22-44-30-6-4-5-7-31(30)46/h4-19,21-23,32,34-35,38H,20H2,1-3H3/t32-,34?,35?,38-/m1/s1. The molecule has 4 heterocycles. The molecule has 0 amide bonds. The number of benzene rings is 4. The molecule has 0 spiro atoms. The van der Waals surface area contributed by atoms with Gasteiger partial charge in [0.25, 0.3) is 0 Å². The van der Waals surface area contributed by atoms with E-state index >= 15 is 0 Å². The predicted molar refractivity (Wildman–Crippen MR) is 196 cm³/mol. The fourth-order valence-corrected chi connectivity index (χ4v) is 6.36. The van der Waals surface area contributed by atoms with Gasteiger partial charge in [-0.1, -0.05) is 65.2 Å². The third-order valence-electron chi connectivity index (χ3n) is 9.31. The Morgan fingerprint density at radius 3 is 1.85 bits per heavy atom. The van der Waals surface area contributed by atoms with E-state index in [-0.39, 0.29) is 17.7 Å². The first kappa shape index (κ1) is 34.4. The number of hydrogen-bond acceptors (Lipinski definition) is 11. The van der Waals surface area contributed by atoms with E-state index in [2.05, 4.69) is 19.9 Å². The number of imidazole rings is 2. The molecule has 54 heavy (non-hydrogen) atoms. The minimum Gasteiger partial charge on any atom is -0.459 e. The van der Waals surface area contributed by atoms with Crippen LogP contribution in [0.15, 0.2) is 116 Å². The van der Waals surface area contributed by atoms with Gasteiger partial charge in [-0.05, 0) is 69.3 Å². The Balaban J connectivity index is 1.19. The van der Waals surface area contributed by atoms with Crippen LogP contribution in [0, 0.1) is 20.8 Å². The monoisotopic (exact) mass is 722 g/mol. The summed E-state index contributed by atoms with van der Waals surface area (Å²) in [4.78, 5) is 58.9. The van der Waals surface area contributed by atoms with Crippen molar-refractivity contribution >= 4 is 40.1 Å². The van der Waals surface area contributed by atoms with Gasteiger partial charge in [0.05, 0.1) is 34.1 Å². The van der Waals surface area contributed by atoms with Crippen LogP contribution >= 0.6 is 0 Å². The summed E-state index contributed by atoms with van der Waals surface area (Å²) in [5.41, 5.74) is 6.14. The van der Waals surface area contributed by atoms with Crippen LogP contribution < -0.4 is 0 Å². The fourth-order valence-electron chi connectivity index (χ4n) is 6.36. The Morgan fingerprint density at radius 1 is 0.648 bits per heavy atom. The molecule has 2 unspecified atom stereocenters. The maximum atomic E-state index is 13.8. The lowest BCUT2D eigenvalue weighted by molar-refractivity contribution is -0.0606. The number of nitrogens with zero attached hydrogens (tertiary/aromatic N) is 6. The second kappa shape index (κ2) is 14.4. The van der Waals surface area contributed by atoms with E-state index in [1.165, 1.54) is 12.7 Å². The molecule has 13 nitrogen and oxygen atoms in total. The number of ether oxygens (including phenoxy) is 4. The lowest BCUT2D eigenvalue weighted by Crippen LogP contribution is -2.41. The van der Waals surface area contributed by atoms with E-state index in [4.69, 9.17) is 18.9 Å². The Kier molecular flexibility index (Phi) is 9.14. The molecule has 3 aromatic heterocycles. The van der Waals surface area contributed by atoms with Gasteiger partial charge in [-0.15, -0.1) is 0 Å². The van der Waals surface area contributed by atoms with Crippen molar-refractivity contribution in [3.63, 3.8) is 0 Å². The molecule has 1 aliphatic heterocycles. The van der Waals surface area contributed by atoms with Crippen LogP contribution in [-0.4, -0.2) is 71.9 Å². The summed E-state index contributed by atoms with van der Waals surface area (Å²) in [6.45, 7) is 5.40. The van der Waals surface area contributed by atoms with Gasteiger partial charge in [-0.25, -0.2) is 34.3 Å². The summed E-state index contributed by atoms with van der Waals surface area (Å²) in [6.07, 6.45) is -0.150. The van der Waals surface area contributed by atoms with E-state index in [1.807, 2.05) is 45.0 Å². The van der Waals surface area contributed by atoms with Gasteiger partial charge in [0.1, 0.15) is 25.4 Å². The summed E-state index contributed by atoms with van der Waals surface area (Å²) in [5.74, 6) is -1.49. The van der Waals surface area contributed by atoms with E-state index in [0.29, 0.717) is 22.5 Å². The molecule has 13 heteroatoms. The van der Waals surface area contributed by atoms with Crippen molar-refractivity contribution < 1.29 is 33.3 Å². The van der Waals surface area contributed by atoms with Crippen molar-refractivity contribution in [2.45, 2.75) is 45.3 Å². The van der Waals surface area contributed by atoms with Crippen LogP contribution in [0.4, 0.5) is 0 Å². The molecule has 4 atom stereocenters. The molecule has 0 N–H and O–H groups in total.